The lowest BCUT2D eigenvalue weighted by molar-refractivity contribution is 0.0599. The molecule has 0 atom stereocenters. The van der Waals surface area contributed by atoms with E-state index in [1.807, 2.05) is 12.1 Å². The molecule has 0 unspecified atom stereocenters. The Hall–Kier alpha value is -1.41. The van der Waals surface area contributed by atoms with Crippen molar-refractivity contribution in [2.24, 2.45) is 7.05 Å². The van der Waals surface area contributed by atoms with Crippen molar-refractivity contribution in [1.29, 1.82) is 0 Å². The van der Waals surface area contributed by atoms with Crippen LogP contribution >= 0.6 is 27.7 Å². The first-order valence-corrected chi connectivity index (χ1v) is 7.11. The molecule has 0 aliphatic heterocycles. The molecule has 0 aliphatic rings. The number of aromatic nitrogens is 4. The van der Waals surface area contributed by atoms with Crippen LogP contribution in [0.1, 0.15) is 15.9 Å². The number of thioether (sulfide) groups is 1. The lowest BCUT2D eigenvalue weighted by atomic mass is 10.1. The first kappa shape index (κ1) is 14.0. The van der Waals surface area contributed by atoms with E-state index in [0.29, 0.717) is 15.8 Å². The van der Waals surface area contributed by atoms with Gasteiger partial charge in [-0.1, -0.05) is 17.8 Å². The zero-order chi connectivity index (χ0) is 13.8. The summed E-state index contributed by atoms with van der Waals surface area (Å²) in [6.45, 7) is 0. The van der Waals surface area contributed by atoms with Crippen LogP contribution in [0, 0.1) is 0 Å². The van der Waals surface area contributed by atoms with Gasteiger partial charge in [-0.25, -0.2) is 9.48 Å². The second kappa shape index (κ2) is 6.16. The Balaban J connectivity index is 2.08. The van der Waals surface area contributed by atoms with Gasteiger partial charge in [0.2, 0.25) is 5.16 Å². The van der Waals surface area contributed by atoms with Gasteiger partial charge in [-0.3, -0.25) is 0 Å². The van der Waals surface area contributed by atoms with Crippen molar-refractivity contribution in [2.75, 3.05) is 7.11 Å². The lowest BCUT2D eigenvalue weighted by Gasteiger charge is -2.05. The standard InChI is InChI=1S/C11H11BrN4O2S/c1-16-11(13-14-15-16)19-6-7-3-4-8(9(12)5-7)10(17)18-2/h3-5H,6H2,1-2H3. The Bertz CT molecular complexity index is 602. The van der Waals surface area contributed by atoms with Crippen LogP contribution in [0.4, 0.5) is 0 Å². The summed E-state index contributed by atoms with van der Waals surface area (Å²) >= 11 is 4.89. The smallest absolute Gasteiger partial charge is 0.338 e. The number of benzene rings is 1. The normalized spacial score (nSPS) is 10.5. The average molecular weight is 343 g/mol. The van der Waals surface area contributed by atoms with Gasteiger partial charge in [0.1, 0.15) is 0 Å². The first-order chi connectivity index (χ1) is 9.11. The van der Waals surface area contributed by atoms with Crippen LogP contribution in [0.15, 0.2) is 27.8 Å². The van der Waals surface area contributed by atoms with Crippen molar-refractivity contribution in [3.05, 3.63) is 33.8 Å². The van der Waals surface area contributed by atoms with Gasteiger partial charge >= 0.3 is 5.97 Å². The number of rotatable bonds is 4. The SMILES string of the molecule is COC(=O)c1ccc(CSc2nnnn2C)cc1Br. The topological polar surface area (TPSA) is 69.9 Å². The number of carbonyl (C=O) groups excluding carboxylic acids is 1. The monoisotopic (exact) mass is 342 g/mol. The van der Waals surface area contributed by atoms with Crippen LogP contribution in [0.25, 0.3) is 0 Å². The van der Waals surface area contributed by atoms with Crippen LogP contribution in [0.2, 0.25) is 0 Å². The van der Waals surface area contributed by atoms with Crippen LogP contribution in [0.3, 0.4) is 0 Å². The number of methoxy groups -OCH3 is 1. The van der Waals surface area contributed by atoms with E-state index in [0.717, 1.165) is 10.7 Å². The van der Waals surface area contributed by atoms with Gasteiger partial charge in [-0.05, 0) is 44.1 Å². The molecular weight excluding hydrogens is 332 g/mol. The molecular formula is C11H11BrN4O2S. The average Bonchev–Trinajstić information content (AvgIpc) is 2.81. The van der Waals surface area contributed by atoms with E-state index in [1.165, 1.54) is 18.9 Å². The molecule has 1 heterocycles. The highest BCUT2D eigenvalue weighted by atomic mass is 79.9. The maximum Gasteiger partial charge on any atom is 0.338 e. The van der Waals surface area contributed by atoms with Crippen molar-refractivity contribution in [3.63, 3.8) is 0 Å². The third-order valence-corrected chi connectivity index (χ3v) is 4.13. The quantitative estimate of drug-likeness (QED) is 0.625. The molecule has 0 amide bonds. The van der Waals surface area contributed by atoms with Crippen LogP contribution < -0.4 is 0 Å². The highest BCUT2D eigenvalue weighted by Gasteiger charge is 2.11. The zero-order valence-corrected chi connectivity index (χ0v) is 12.7. The van der Waals surface area contributed by atoms with Gasteiger partial charge in [-0.2, -0.15) is 0 Å². The van der Waals surface area contributed by atoms with E-state index in [9.17, 15) is 4.79 Å². The summed E-state index contributed by atoms with van der Waals surface area (Å²) in [5.41, 5.74) is 1.57. The number of hydrogen-bond acceptors (Lipinski definition) is 6. The molecule has 0 saturated heterocycles. The summed E-state index contributed by atoms with van der Waals surface area (Å²) in [6, 6.07) is 5.51. The second-order valence-corrected chi connectivity index (χ2v) is 5.48. The number of nitrogens with zero attached hydrogens (tertiary/aromatic N) is 4. The van der Waals surface area contributed by atoms with Gasteiger partial charge in [0.25, 0.3) is 0 Å². The molecule has 1 aromatic heterocycles. The molecule has 2 aromatic rings. The maximum absolute atomic E-state index is 11.4. The minimum Gasteiger partial charge on any atom is -0.465 e. The predicted molar refractivity (Wildman–Crippen MR) is 73.8 cm³/mol. The number of carbonyl (C=O) groups is 1. The predicted octanol–water partition coefficient (Wildman–Crippen LogP) is 2.05. The molecule has 0 aliphatic carbocycles. The molecule has 1 aromatic carbocycles. The molecule has 0 saturated carbocycles. The number of aryl methyl sites for hydroxylation is 1. The summed E-state index contributed by atoms with van der Waals surface area (Å²) in [7, 11) is 3.15. The Kier molecular flexibility index (Phi) is 4.54. The molecule has 0 fully saturated rings. The van der Waals surface area contributed by atoms with E-state index in [4.69, 9.17) is 0 Å². The van der Waals surface area contributed by atoms with Gasteiger partial charge in [0.05, 0.1) is 12.7 Å². The molecule has 100 valence electrons. The molecule has 0 spiro atoms. The molecule has 6 nitrogen and oxygen atoms in total. The van der Waals surface area contributed by atoms with Gasteiger partial charge in [0, 0.05) is 17.3 Å². The number of halogens is 1. The molecule has 0 radical (unpaired) electrons. The van der Waals surface area contributed by atoms with Crippen molar-refractivity contribution in [3.8, 4) is 0 Å². The molecule has 0 bridgehead atoms. The van der Waals surface area contributed by atoms with E-state index in [2.05, 4.69) is 36.2 Å². The molecule has 19 heavy (non-hydrogen) atoms. The number of ether oxygens (including phenoxy) is 1. The lowest BCUT2D eigenvalue weighted by Crippen LogP contribution is -2.02. The molecule has 8 heteroatoms. The fourth-order valence-electron chi connectivity index (χ4n) is 1.42. The van der Waals surface area contributed by atoms with Crippen molar-refractivity contribution in [1.82, 2.24) is 20.2 Å². The van der Waals surface area contributed by atoms with Crippen molar-refractivity contribution < 1.29 is 9.53 Å². The largest absolute Gasteiger partial charge is 0.465 e. The van der Waals surface area contributed by atoms with E-state index in [-0.39, 0.29) is 5.97 Å². The summed E-state index contributed by atoms with van der Waals surface area (Å²) < 4.78 is 7.02. The number of tetrazole rings is 1. The first-order valence-electron chi connectivity index (χ1n) is 5.33. The van der Waals surface area contributed by atoms with Gasteiger partial charge in [-0.15, -0.1) is 5.10 Å². The van der Waals surface area contributed by atoms with Gasteiger partial charge in [0.15, 0.2) is 0 Å². The van der Waals surface area contributed by atoms with Crippen LogP contribution in [0.5, 0.6) is 0 Å². The number of esters is 1. The van der Waals surface area contributed by atoms with Crippen molar-refractivity contribution in [2.45, 2.75) is 10.9 Å². The minimum atomic E-state index is -0.358. The maximum atomic E-state index is 11.4. The Morgan fingerprint density at radius 3 is 2.89 bits per heavy atom. The summed E-state index contributed by atoms with van der Waals surface area (Å²) in [6.07, 6.45) is 0. The van der Waals surface area contributed by atoms with E-state index >= 15 is 0 Å². The summed E-state index contributed by atoms with van der Waals surface area (Å²) in [5, 5.41) is 12.0. The third kappa shape index (κ3) is 3.32. The Morgan fingerprint density at radius 2 is 2.32 bits per heavy atom. The van der Waals surface area contributed by atoms with Crippen LogP contribution in [-0.4, -0.2) is 33.3 Å². The summed E-state index contributed by atoms with van der Waals surface area (Å²) in [4.78, 5) is 11.4. The van der Waals surface area contributed by atoms with Crippen LogP contribution in [-0.2, 0) is 17.5 Å². The molecule has 2 rings (SSSR count). The zero-order valence-electron chi connectivity index (χ0n) is 10.3. The third-order valence-electron chi connectivity index (χ3n) is 2.39. The minimum absolute atomic E-state index is 0.358. The van der Waals surface area contributed by atoms with E-state index in [1.54, 1.807) is 17.8 Å². The fourth-order valence-corrected chi connectivity index (χ4v) is 2.80. The second-order valence-electron chi connectivity index (χ2n) is 3.68. The Morgan fingerprint density at radius 1 is 1.53 bits per heavy atom. The number of hydrogen-bond donors (Lipinski definition) is 0. The highest BCUT2D eigenvalue weighted by Crippen LogP contribution is 2.24. The fraction of sp³-hybridized carbons (Fsp3) is 0.273. The highest BCUT2D eigenvalue weighted by molar-refractivity contribution is 9.10. The van der Waals surface area contributed by atoms with Gasteiger partial charge < -0.3 is 4.74 Å². The summed E-state index contributed by atoms with van der Waals surface area (Å²) in [5.74, 6) is 0.359. The molecule has 0 N–H and O–H groups in total. The van der Waals surface area contributed by atoms with Crippen molar-refractivity contribution >= 4 is 33.7 Å². The van der Waals surface area contributed by atoms with E-state index < -0.39 is 0 Å². The Labute approximate surface area is 122 Å².